The highest BCUT2D eigenvalue weighted by Crippen LogP contribution is 2.40. The smallest absolute Gasteiger partial charge is 0.333 e. The number of urea groups is 1. The van der Waals surface area contributed by atoms with Gasteiger partial charge >= 0.3 is 6.03 Å². The lowest BCUT2D eigenvalue weighted by molar-refractivity contribution is 0.184. The van der Waals surface area contributed by atoms with E-state index in [1.807, 2.05) is 0 Å². The highest BCUT2D eigenvalue weighted by molar-refractivity contribution is 7.90. The second-order valence-corrected chi connectivity index (χ2v) is 9.03. The van der Waals surface area contributed by atoms with Gasteiger partial charge in [0.05, 0.1) is 18.8 Å². The van der Waals surface area contributed by atoms with Crippen LogP contribution in [0.2, 0.25) is 0 Å². The fourth-order valence-corrected chi connectivity index (χ4v) is 4.96. The largest absolute Gasteiger partial charge is 0.475 e. The number of sulfonamides is 1. The average molecular weight is 403 g/mol. The number of nitrogens with zero attached hydrogens (tertiary/aromatic N) is 2. The number of benzene rings is 1. The third-order valence-electron chi connectivity index (χ3n) is 5.75. The number of rotatable bonds is 4. The fraction of sp³-hybridized carbons (Fsp3) is 0.444. The van der Waals surface area contributed by atoms with Gasteiger partial charge in [0, 0.05) is 5.69 Å². The van der Waals surface area contributed by atoms with E-state index in [0.29, 0.717) is 13.2 Å². The number of nitrogens with one attached hydrogen (secondary N) is 3. The van der Waals surface area contributed by atoms with Gasteiger partial charge in [-0.3, -0.25) is 0 Å². The molecule has 2 heterocycles. The monoisotopic (exact) mass is 403 g/mol. The Labute approximate surface area is 162 Å². The standard InChI is InChI=1S/C18H21N5O4S/c1-19-12-8-23-17(27-9-12)15(7-20-23)28(25,26)22-18(24)21-16-13-4-2-10(13)6-11-3-5-14(11)16/h6-7,12,19H,2-5,8-9H2,1H3,(H2,21,22,24). The number of amides is 2. The minimum Gasteiger partial charge on any atom is -0.475 e. The lowest BCUT2D eigenvalue weighted by Crippen LogP contribution is -2.40. The summed E-state index contributed by atoms with van der Waals surface area (Å²) < 4.78 is 34.6. The summed E-state index contributed by atoms with van der Waals surface area (Å²) in [5.74, 6) is 0.152. The van der Waals surface area contributed by atoms with Gasteiger partial charge in [0.1, 0.15) is 6.61 Å². The van der Waals surface area contributed by atoms with Crippen LogP contribution in [-0.4, -0.2) is 43.9 Å². The van der Waals surface area contributed by atoms with Crippen molar-refractivity contribution in [1.82, 2.24) is 19.8 Å². The highest BCUT2D eigenvalue weighted by atomic mass is 32.2. The molecule has 1 aliphatic heterocycles. The van der Waals surface area contributed by atoms with E-state index < -0.39 is 16.1 Å². The molecule has 10 heteroatoms. The summed E-state index contributed by atoms with van der Waals surface area (Å²) in [6, 6.07) is 1.48. The molecular weight excluding hydrogens is 382 g/mol. The lowest BCUT2D eigenvalue weighted by Gasteiger charge is -2.32. The molecule has 1 aromatic carbocycles. The minimum absolute atomic E-state index is 0.0496. The van der Waals surface area contributed by atoms with Crippen LogP contribution in [0.4, 0.5) is 10.5 Å². The van der Waals surface area contributed by atoms with Crippen LogP contribution in [0.25, 0.3) is 0 Å². The first kappa shape index (κ1) is 17.5. The zero-order valence-electron chi connectivity index (χ0n) is 15.4. The Morgan fingerprint density at radius 3 is 2.54 bits per heavy atom. The fourth-order valence-electron chi connectivity index (χ4n) is 3.97. The number of carbonyl (C=O) groups is 1. The van der Waals surface area contributed by atoms with Crippen molar-refractivity contribution in [3.63, 3.8) is 0 Å². The molecule has 2 amide bonds. The van der Waals surface area contributed by atoms with Gasteiger partial charge in [-0.1, -0.05) is 6.07 Å². The van der Waals surface area contributed by atoms with Gasteiger partial charge in [0.25, 0.3) is 10.0 Å². The summed E-state index contributed by atoms with van der Waals surface area (Å²) in [5.41, 5.74) is 5.51. The molecule has 0 saturated carbocycles. The topological polar surface area (TPSA) is 114 Å². The van der Waals surface area contributed by atoms with E-state index >= 15 is 0 Å². The first-order valence-electron chi connectivity index (χ1n) is 9.32. The number of likely N-dealkylation sites (N-methyl/N-ethyl adjacent to an activating group) is 1. The molecule has 1 aromatic heterocycles. The van der Waals surface area contributed by atoms with E-state index in [9.17, 15) is 13.2 Å². The van der Waals surface area contributed by atoms with E-state index in [2.05, 4.69) is 26.5 Å². The summed E-state index contributed by atoms with van der Waals surface area (Å²) in [7, 11) is -2.30. The number of fused-ring (bicyclic) bond motifs is 3. The van der Waals surface area contributed by atoms with Gasteiger partial charge in [-0.25, -0.2) is 22.6 Å². The van der Waals surface area contributed by atoms with E-state index in [4.69, 9.17) is 4.74 Å². The summed E-state index contributed by atoms with van der Waals surface area (Å²) in [5, 5.41) is 9.92. The van der Waals surface area contributed by atoms with Gasteiger partial charge in [-0.15, -0.1) is 0 Å². The van der Waals surface area contributed by atoms with Crippen LogP contribution in [0, 0.1) is 0 Å². The second-order valence-electron chi connectivity index (χ2n) is 7.38. The number of ether oxygens (including phenoxy) is 1. The quantitative estimate of drug-likeness (QED) is 0.688. The Kier molecular flexibility index (Phi) is 3.88. The molecule has 1 atom stereocenters. The van der Waals surface area contributed by atoms with Gasteiger partial charge in [0.15, 0.2) is 4.90 Å². The molecule has 0 saturated heterocycles. The molecule has 0 fully saturated rings. The molecular formula is C18H21N5O4S. The number of carbonyl (C=O) groups excluding carboxylic acids is 1. The van der Waals surface area contributed by atoms with Crippen molar-refractivity contribution < 1.29 is 17.9 Å². The maximum Gasteiger partial charge on any atom is 0.333 e. The Morgan fingerprint density at radius 2 is 1.93 bits per heavy atom. The predicted molar refractivity (Wildman–Crippen MR) is 101 cm³/mol. The van der Waals surface area contributed by atoms with Crippen LogP contribution in [-0.2, 0) is 42.3 Å². The molecule has 0 radical (unpaired) electrons. The van der Waals surface area contributed by atoms with E-state index in [1.54, 1.807) is 7.05 Å². The van der Waals surface area contributed by atoms with E-state index in [1.165, 1.54) is 22.0 Å². The third-order valence-corrected chi connectivity index (χ3v) is 7.07. The zero-order chi connectivity index (χ0) is 19.5. The first-order valence-corrected chi connectivity index (χ1v) is 10.8. The summed E-state index contributed by atoms with van der Waals surface area (Å²) >= 11 is 0. The van der Waals surface area contributed by atoms with Crippen molar-refractivity contribution >= 4 is 21.7 Å². The van der Waals surface area contributed by atoms with Crippen molar-refractivity contribution in [2.75, 3.05) is 19.0 Å². The maximum atomic E-state index is 12.7. The molecule has 0 bridgehead atoms. The average Bonchev–Trinajstić information content (AvgIpc) is 3.02. The van der Waals surface area contributed by atoms with Crippen molar-refractivity contribution in [1.29, 1.82) is 0 Å². The number of aryl methyl sites for hydroxylation is 2. The van der Waals surface area contributed by atoms with E-state index in [-0.39, 0.29) is 16.8 Å². The van der Waals surface area contributed by atoms with Gasteiger partial charge in [0.2, 0.25) is 5.88 Å². The summed E-state index contributed by atoms with van der Waals surface area (Å²) in [6.45, 7) is 0.828. The maximum absolute atomic E-state index is 12.7. The third kappa shape index (κ3) is 2.67. The van der Waals surface area contributed by atoms with Gasteiger partial charge in [-0.2, -0.15) is 5.10 Å². The van der Waals surface area contributed by atoms with Gasteiger partial charge in [-0.05, 0) is 55.0 Å². The molecule has 3 N–H and O–H groups in total. The Hall–Kier alpha value is -2.59. The van der Waals surface area contributed by atoms with Crippen LogP contribution in [0.1, 0.15) is 22.3 Å². The van der Waals surface area contributed by atoms with Crippen molar-refractivity contribution in [2.45, 2.75) is 43.2 Å². The minimum atomic E-state index is -4.10. The molecule has 3 aliphatic rings. The molecule has 5 rings (SSSR count). The van der Waals surface area contributed by atoms with Crippen LogP contribution in [0.5, 0.6) is 5.88 Å². The van der Waals surface area contributed by atoms with Crippen LogP contribution in [0.15, 0.2) is 17.2 Å². The SMILES string of the molecule is CNC1COc2c(S(=O)(=O)NC(=O)Nc3c4c(cc5c3CC5)CC4)cnn2C1. The normalized spacial score (nSPS) is 19.2. The molecule has 2 aromatic rings. The lowest BCUT2D eigenvalue weighted by atomic mass is 9.76. The molecule has 148 valence electrons. The second kappa shape index (κ2) is 6.21. The molecule has 28 heavy (non-hydrogen) atoms. The Balaban J connectivity index is 1.36. The molecule has 0 spiro atoms. The number of hydrogen-bond donors (Lipinski definition) is 3. The number of hydrogen-bond acceptors (Lipinski definition) is 6. The number of anilines is 1. The predicted octanol–water partition coefficient (Wildman–Crippen LogP) is 0.571. The van der Waals surface area contributed by atoms with Gasteiger partial charge < -0.3 is 15.4 Å². The van der Waals surface area contributed by atoms with Crippen LogP contribution < -0.4 is 20.1 Å². The van der Waals surface area contributed by atoms with E-state index in [0.717, 1.165) is 42.5 Å². The first-order chi connectivity index (χ1) is 13.5. The summed E-state index contributed by atoms with van der Waals surface area (Å²) in [6.07, 6.45) is 5.03. The summed E-state index contributed by atoms with van der Waals surface area (Å²) in [4.78, 5) is 12.4. The molecule has 9 nitrogen and oxygen atoms in total. The zero-order valence-corrected chi connectivity index (χ0v) is 16.2. The Bertz CT molecular complexity index is 1060. The molecule has 1 unspecified atom stereocenters. The van der Waals surface area contributed by atoms with Crippen molar-refractivity contribution in [2.24, 2.45) is 0 Å². The Morgan fingerprint density at radius 1 is 1.21 bits per heavy atom. The van der Waals surface area contributed by atoms with Crippen molar-refractivity contribution in [3.8, 4) is 5.88 Å². The van der Waals surface area contributed by atoms with Crippen LogP contribution >= 0.6 is 0 Å². The highest BCUT2D eigenvalue weighted by Gasteiger charge is 2.32. The number of aromatic nitrogens is 2. The van der Waals surface area contributed by atoms with Crippen molar-refractivity contribution in [3.05, 3.63) is 34.5 Å². The molecule has 2 aliphatic carbocycles. The van der Waals surface area contributed by atoms with Crippen LogP contribution in [0.3, 0.4) is 0 Å².